The Morgan fingerprint density at radius 2 is 2.25 bits per heavy atom. The molecule has 7 heteroatoms. The first kappa shape index (κ1) is 18.3. The van der Waals surface area contributed by atoms with E-state index in [-0.39, 0.29) is 34.0 Å². The average molecular weight is 352 g/mol. The van der Waals surface area contributed by atoms with Crippen LogP contribution < -0.4 is 10.7 Å². The Hall–Kier alpha value is -2.08. The van der Waals surface area contributed by atoms with E-state index in [2.05, 4.69) is 16.9 Å². The van der Waals surface area contributed by atoms with Crippen LogP contribution in [0.2, 0.25) is 5.15 Å². The number of nitrogens with one attached hydrogen (secondary N) is 2. The number of hydrogen-bond donors (Lipinski definition) is 2. The fourth-order valence-electron chi connectivity index (χ4n) is 2.80. The average Bonchev–Trinajstić information content (AvgIpc) is 2.86. The van der Waals surface area contributed by atoms with Gasteiger partial charge in [-0.05, 0) is 19.3 Å². The normalized spacial score (nSPS) is 21.4. The summed E-state index contributed by atoms with van der Waals surface area (Å²) in [7, 11) is 0. The minimum absolute atomic E-state index is 0.0599. The number of carbonyl (C=O) groups is 2. The van der Waals surface area contributed by atoms with Crippen molar-refractivity contribution in [1.82, 2.24) is 15.2 Å². The number of aromatic nitrogens is 1. The van der Waals surface area contributed by atoms with Crippen LogP contribution in [0.25, 0.3) is 0 Å². The van der Waals surface area contributed by atoms with Crippen LogP contribution in [0.5, 0.6) is 0 Å². The number of amides is 2. The van der Waals surface area contributed by atoms with Gasteiger partial charge in [-0.3, -0.25) is 14.4 Å². The number of hydrogen-bond acceptors (Lipinski definition) is 3. The van der Waals surface area contributed by atoms with Crippen molar-refractivity contribution < 1.29 is 9.59 Å². The fraction of sp³-hybridized carbons (Fsp3) is 0.471. The highest BCUT2D eigenvalue weighted by molar-refractivity contribution is 6.29. The summed E-state index contributed by atoms with van der Waals surface area (Å²) in [6.45, 7) is 8.40. The van der Waals surface area contributed by atoms with Crippen LogP contribution in [0.15, 0.2) is 29.6 Å². The third-order valence-corrected chi connectivity index (χ3v) is 4.36. The van der Waals surface area contributed by atoms with Crippen molar-refractivity contribution in [3.8, 4) is 0 Å². The van der Waals surface area contributed by atoms with Crippen LogP contribution in [-0.2, 0) is 4.79 Å². The number of pyridine rings is 1. The first-order valence-corrected chi connectivity index (χ1v) is 8.23. The van der Waals surface area contributed by atoms with Crippen LogP contribution >= 0.6 is 11.6 Å². The molecule has 1 aliphatic heterocycles. The Morgan fingerprint density at radius 1 is 1.54 bits per heavy atom. The van der Waals surface area contributed by atoms with Crippen molar-refractivity contribution in [1.29, 1.82) is 0 Å². The predicted octanol–water partition coefficient (Wildman–Crippen LogP) is 1.96. The SMILES string of the molecule is C=CC(C)CC(=O)NC1(C)CCN(C(=O)c2cc(=O)cc(Cl)[nH]2)C1. The van der Waals surface area contributed by atoms with Crippen LogP contribution in [-0.4, -0.2) is 40.3 Å². The van der Waals surface area contributed by atoms with Crippen LogP contribution in [0.1, 0.15) is 37.2 Å². The predicted molar refractivity (Wildman–Crippen MR) is 93.1 cm³/mol. The summed E-state index contributed by atoms with van der Waals surface area (Å²) in [6, 6.07) is 2.45. The van der Waals surface area contributed by atoms with Crippen molar-refractivity contribution in [2.75, 3.05) is 13.1 Å². The van der Waals surface area contributed by atoms with E-state index in [0.29, 0.717) is 25.9 Å². The van der Waals surface area contributed by atoms with Gasteiger partial charge in [-0.25, -0.2) is 0 Å². The van der Waals surface area contributed by atoms with Crippen LogP contribution in [0.3, 0.4) is 0 Å². The number of rotatable bonds is 5. The standard InChI is InChI=1S/C17H22ClN3O3/c1-4-11(2)7-15(23)20-17(3)5-6-21(10-17)16(24)13-8-12(22)9-14(18)19-13/h4,8-9,11H,1,5-7,10H2,2-3H3,(H,19,22)(H,20,23). The smallest absolute Gasteiger partial charge is 0.270 e. The lowest BCUT2D eigenvalue weighted by atomic mass is 10.00. The largest absolute Gasteiger partial charge is 0.349 e. The second kappa shape index (κ2) is 7.21. The second-order valence-corrected chi connectivity index (χ2v) is 6.99. The highest BCUT2D eigenvalue weighted by Crippen LogP contribution is 2.23. The Balaban J connectivity index is 2.03. The van der Waals surface area contributed by atoms with Gasteiger partial charge in [0.05, 0.1) is 5.54 Å². The molecular weight excluding hydrogens is 330 g/mol. The van der Waals surface area contributed by atoms with E-state index in [4.69, 9.17) is 11.6 Å². The Bertz CT molecular complexity index is 715. The van der Waals surface area contributed by atoms with Crippen molar-refractivity contribution in [3.63, 3.8) is 0 Å². The van der Waals surface area contributed by atoms with E-state index in [9.17, 15) is 14.4 Å². The maximum atomic E-state index is 12.5. The fourth-order valence-corrected chi connectivity index (χ4v) is 3.00. The number of halogens is 1. The Morgan fingerprint density at radius 3 is 2.88 bits per heavy atom. The van der Waals surface area contributed by atoms with Crippen LogP contribution in [0.4, 0.5) is 0 Å². The van der Waals surface area contributed by atoms with E-state index in [1.165, 1.54) is 12.1 Å². The number of aromatic amines is 1. The second-order valence-electron chi connectivity index (χ2n) is 6.58. The molecule has 0 aromatic carbocycles. The molecule has 0 saturated carbocycles. The molecule has 2 rings (SSSR count). The summed E-state index contributed by atoms with van der Waals surface area (Å²) in [5.41, 5.74) is -0.647. The van der Waals surface area contributed by atoms with E-state index in [1.807, 2.05) is 13.8 Å². The zero-order chi connectivity index (χ0) is 17.9. The third kappa shape index (κ3) is 4.47. The van der Waals surface area contributed by atoms with Crippen molar-refractivity contribution >= 4 is 23.4 Å². The minimum atomic E-state index is -0.480. The summed E-state index contributed by atoms with van der Waals surface area (Å²) >= 11 is 5.80. The zero-order valence-corrected chi connectivity index (χ0v) is 14.7. The van der Waals surface area contributed by atoms with Crippen LogP contribution in [0, 0.1) is 5.92 Å². The molecular formula is C17H22ClN3O3. The van der Waals surface area contributed by atoms with Gasteiger partial charge in [0.25, 0.3) is 5.91 Å². The first-order chi connectivity index (χ1) is 11.2. The van der Waals surface area contributed by atoms with E-state index in [1.54, 1.807) is 11.0 Å². The number of allylic oxidation sites excluding steroid dienone is 1. The first-order valence-electron chi connectivity index (χ1n) is 7.85. The van der Waals surface area contributed by atoms with E-state index >= 15 is 0 Å². The lowest BCUT2D eigenvalue weighted by Gasteiger charge is -2.26. The van der Waals surface area contributed by atoms with E-state index in [0.717, 1.165) is 0 Å². The number of carbonyl (C=O) groups excluding carboxylic acids is 2. The molecule has 2 N–H and O–H groups in total. The van der Waals surface area contributed by atoms with Gasteiger partial charge < -0.3 is 15.2 Å². The molecule has 24 heavy (non-hydrogen) atoms. The van der Waals surface area contributed by atoms with Gasteiger partial charge in [0.1, 0.15) is 10.8 Å². The van der Waals surface area contributed by atoms with E-state index < -0.39 is 5.54 Å². The zero-order valence-electron chi connectivity index (χ0n) is 13.9. The molecule has 1 aromatic rings. The highest BCUT2D eigenvalue weighted by Gasteiger charge is 2.37. The molecule has 1 aromatic heterocycles. The summed E-state index contributed by atoms with van der Waals surface area (Å²) in [4.78, 5) is 40.4. The monoisotopic (exact) mass is 351 g/mol. The van der Waals surface area contributed by atoms with Gasteiger partial charge in [-0.15, -0.1) is 6.58 Å². The molecule has 6 nitrogen and oxygen atoms in total. The van der Waals surface area contributed by atoms with Crippen molar-refractivity contribution in [2.24, 2.45) is 5.92 Å². The summed E-state index contributed by atoms with van der Waals surface area (Å²) in [6.07, 6.45) is 2.76. The number of likely N-dealkylation sites (tertiary alicyclic amines) is 1. The molecule has 1 saturated heterocycles. The molecule has 2 heterocycles. The van der Waals surface area contributed by atoms with Gasteiger partial charge in [0, 0.05) is 31.6 Å². The molecule has 2 unspecified atom stereocenters. The molecule has 0 bridgehead atoms. The Kier molecular flexibility index (Phi) is 5.49. The number of nitrogens with zero attached hydrogens (tertiary/aromatic N) is 1. The highest BCUT2D eigenvalue weighted by atomic mass is 35.5. The quantitative estimate of drug-likeness (QED) is 0.628. The molecule has 130 valence electrons. The van der Waals surface area contributed by atoms with Gasteiger partial charge in [0.2, 0.25) is 5.91 Å². The van der Waals surface area contributed by atoms with Gasteiger partial charge >= 0.3 is 0 Å². The Labute approximate surface area is 145 Å². The molecule has 2 atom stereocenters. The lowest BCUT2D eigenvalue weighted by Crippen LogP contribution is -2.48. The summed E-state index contributed by atoms with van der Waals surface area (Å²) < 4.78 is 0. The molecule has 2 amide bonds. The molecule has 1 fully saturated rings. The summed E-state index contributed by atoms with van der Waals surface area (Å²) in [5, 5.41) is 3.13. The molecule has 0 aliphatic carbocycles. The topological polar surface area (TPSA) is 82.3 Å². The number of H-pyrrole nitrogens is 1. The maximum Gasteiger partial charge on any atom is 0.270 e. The van der Waals surface area contributed by atoms with Gasteiger partial charge in [0.15, 0.2) is 5.43 Å². The molecule has 0 spiro atoms. The molecule has 1 aliphatic rings. The van der Waals surface area contributed by atoms with Crippen molar-refractivity contribution in [2.45, 2.75) is 32.2 Å². The lowest BCUT2D eigenvalue weighted by molar-refractivity contribution is -0.123. The third-order valence-electron chi connectivity index (χ3n) is 4.15. The molecule has 0 radical (unpaired) electrons. The summed E-state index contributed by atoms with van der Waals surface area (Å²) in [5.74, 6) is -0.258. The van der Waals surface area contributed by atoms with Gasteiger partial charge in [-0.1, -0.05) is 24.6 Å². The maximum absolute atomic E-state index is 12.5. The minimum Gasteiger partial charge on any atom is -0.349 e. The van der Waals surface area contributed by atoms with Crippen molar-refractivity contribution in [3.05, 3.63) is 45.9 Å². The van der Waals surface area contributed by atoms with Gasteiger partial charge in [-0.2, -0.15) is 0 Å².